The number of aromatic nitrogens is 3. The monoisotopic (exact) mass is 249 g/mol. The number of hydrogen-bond acceptors (Lipinski definition) is 4. The van der Waals surface area contributed by atoms with Crippen molar-refractivity contribution in [3.63, 3.8) is 0 Å². The SMILES string of the molecule is Cc1cn(-c2cc(C=O)c(F)cn2)nc1C(=O)O. The van der Waals surface area contributed by atoms with E-state index in [1.807, 2.05) is 0 Å². The van der Waals surface area contributed by atoms with Crippen LogP contribution in [-0.2, 0) is 0 Å². The molecule has 0 aromatic carbocycles. The summed E-state index contributed by atoms with van der Waals surface area (Å²) in [7, 11) is 0. The van der Waals surface area contributed by atoms with Crippen LogP contribution in [0.1, 0.15) is 26.4 Å². The molecule has 0 saturated heterocycles. The summed E-state index contributed by atoms with van der Waals surface area (Å²) >= 11 is 0. The molecule has 2 aromatic heterocycles. The number of carboxylic acid groups (broad SMARTS) is 1. The molecule has 2 rings (SSSR count). The highest BCUT2D eigenvalue weighted by molar-refractivity contribution is 5.86. The molecule has 0 radical (unpaired) electrons. The van der Waals surface area contributed by atoms with Gasteiger partial charge in [0.15, 0.2) is 23.6 Å². The van der Waals surface area contributed by atoms with Crippen molar-refractivity contribution in [1.29, 1.82) is 0 Å². The highest BCUT2D eigenvalue weighted by Crippen LogP contribution is 2.12. The number of nitrogens with zero attached hydrogens (tertiary/aromatic N) is 3. The van der Waals surface area contributed by atoms with E-state index in [0.29, 0.717) is 11.8 Å². The number of carboxylic acids is 1. The Kier molecular flexibility index (Phi) is 2.88. The second-order valence-electron chi connectivity index (χ2n) is 3.59. The third-order valence-electron chi connectivity index (χ3n) is 2.33. The van der Waals surface area contributed by atoms with E-state index in [-0.39, 0.29) is 17.1 Å². The average molecular weight is 249 g/mol. The average Bonchev–Trinajstić information content (AvgIpc) is 2.72. The first-order valence-corrected chi connectivity index (χ1v) is 4.93. The van der Waals surface area contributed by atoms with Crippen molar-refractivity contribution >= 4 is 12.3 Å². The number of halogens is 1. The lowest BCUT2D eigenvalue weighted by Gasteiger charge is -2.01. The molecule has 18 heavy (non-hydrogen) atoms. The van der Waals surface area contributed by atoms with E-state index in [1.54, 1.807) is 6.92 Å². The predicted octanol–water partition coefficient (Wildman–Crippen LogP) is 1.23. The third kappa shape index (κ3) is 1.97. The van der Waals surface area contributed by atoms with Crippen LogP contribution in [0.5, 0.6) is 0 Å². The highest BCUT2D eigenvalue weighted by atomic mass is 19.1. The van der Waals surface area contributed by atoms with Gasteiger partial charge in [0.25, 0.3) is 0 Å². The summed E-state index contributed by atoms with van der Waals surface area (Å²) in [6.45, 7) is 1.58. The number of carbonyl (C=O) groups is 2. The molecular weight excluding hydrogens is 241 g/mol. The van der Waals surface area contributed by atoms with Crippen LogP contribution in [0.2, 0.25) is 0 Å². The van der Waals surface area contributed by atoms with Crippen molar-refractivity contribution < 1.29 is 19.1 Å². The zero-order valence-corrected chi connectivity index (χ0v) is 9.29. The van der Waals surface area contributed by atoms with E-state index in [1.165, 1.54) is 16.9 Å². The number of aromatic carboxylic acids is 1. The lowest BCUT2D eigenvalue weighted by Crippen LogP contribution is -2.04. The molecule has 92 valence electrons. The molecule has 0 amide bonds. The first-order chi connectivity index (χ1) is 8.52. The summed E-state index contributed by atoms with van der Waals surface area (Å²) in [5.74, 6) is -1.73. The number of aryl methyl sites for hydroxylation is 1. The Morgan fingerprint density at radius 2 is 2.28 bits per heavy atom. The van der Waals surface area contributed by atoms with E-state index in [4.69, 9.17) is 5.11 Å². The quantitative estimate of drug-likeness (QED) is 0.827. The summed E-state index contributed by atoms with van der Waals surface area (Å²) in [6.07, 6.45) is 2.68. The van der Waals surface area contributed by atoms with Crippen LogP contribution < -0.4 is 0 Å². The van der Waals surface area contributed by atoms with Gasteiger partial charge in [-0.15, -0.1) is 0 Å². The zero-order chi connectivity index (χ0) is 13.3. The van der Waals surface area contributed by atoms with Gasteiger partial charge < -0.3 is 5.11 Å². The van der Waals surface area contributed by atoms with Gasteiger partial charge in [0.1, 0.15) is 0 Å². The summed E-state index contributed by atoms with van der Waals surface area (Å²) in [5.41, 5.74) is 0.167. The van der Waals surface area contributed by atoms with Gasteiger partial charge in [0.2, 0.25) is 0 Å². The summed E-state index contributed by atoms with van der Waals surface area (Å²) in [5, 5.41) is 12.7. The highest BCUT2D eigenvalue weighted by Gasteiger charge is 2.14. The number of hydrogen-bond donors (Lipinski definition) is 1. The molecule has 6 nitrogen and oxygen atoms in total. The summed E-state index contributed by atoms with van der Waals surface area (Å²) in [4.78, 5) is 25.2. The molecule has 0 fully saturated rings. The molecule has 0 unspecified atom stereocenters. The Morgan fingerprint density at radius 1 is 1.56 bits per heavy atom. The fourth-order valence-electron chi connectivity index (χ4n) is 1.45. The smallest absolute Gasteiger partial charge is 0.356 e. The van der Waals surface area contributed by atoms with E-state index in [0.717, 1.165) is 6.20 Å². The minimum atomic E-state index is -1.16. The minimum absolute atomic E-state index is 0.117. The Hall–Kier alpha value is -2.57. The van der Waals surface area contributed by atoms with Crippen molar-refractivity contribution in [3.8, 4) is 5.82 Å². The van der Waals surface area contributed by atoms with E-state index in [2.05, 4.69) is 10.1 Å². The van der Waals surface area contributed by atoms with Gasteiger partial charge >= 0.3 is 5.97 Å². The molecule has 0 spiro atoms. The number of aldehydes is 1. The third-order valence-corrected chi connectivity index (χ3v) is 2.33. The van der Waals surface area contributed by atoms with Gasteiger partial charge in [-0.25, -0.2) is 18.9 Å². The van der Waals surface area contributed by atoms with E-state index < -0.39 is 11.8 Å². The molecule has 0 aliphatic heterocycles. The lowest BCUT2D eigenvalue weighted by molar-refractivity contribution is 0.0689. The molecule has 0 saturated carbocycles. The Labute approximate surface area is 101 Å². The molecule has 2 aromatic rings. The van der Waals surface area contributed by atoms with Gasteiger partial charge in [0.05, 0.1) is 11.8 Å². The summed E-state index contributed by atoms with van der Waals surface area (Å²) in [6, 6.07) is 1.19. The van der Waals surface area contributed by atoms with Crippen molar-refractivity contribution in [2.45, 2.75) is 6.92 Å². The molecule has 1 N–H and O–H groups in total. The first kappa shape index (κ1) is 11.9. The predicted molar refractivity (Wildman–Crippen MR) is 58.4 cm³/mol. The second kappa shape index (κ2) is 4.36. The van der Waals surface area contributed by atoms with Gasteiger partial charge in [-0.2, -0.15) is 5.10 Å². The zero-order valence-electron chi connectivity index (χ0n) is 9.29. The second-order valence-corrected chi connectivity index (χ2v) is 3.59. The van der Waals surface area contributed by atoms with Crippen LogP contribution >= 0.6 is 0 Å². The van der Waals surface area contributed by atoms with Crippen molar-refractivity contribution in [2.24, 2.45) is 0 Å². The molecule has 0 aliphatic carbocycles. The lowest BCUT2D eigenvalue weighted by atomic mass is 10.3. The number of carbonyl (C=O) groups excluding carboxylic acids is 1. The molecule has 7 heteroatoms. The first-order valence-electron chi connectivity index (χ1n) is 4.93. The number of pyridine rings is 1. The van der Waals surface area contributed by atoms with Gasteiger partial charge in [-0.05, 0) is 13.0 Å². The van der Waals surface area contributed by atoms with Gasteiger partial charge in [-0.3, -0.25) is 4.79 Å². The molecular formula is C11H8FN3O3. The van der Waals surface area contributed by atoms with E-state index >= 15 is 0 Å². The standard InChI is InChI=1S/C11H8FN3O3/c1-6-4-15(14-10(6)11(17)18)9-2-7(5-16)8(12)3-13-9/h2-5H,1H3,(H,17,18). The van der Waals surface area contributed by atoms with Crippen molar-refractivity contribution in [2.75, 3.05) is 0 Å². The van der Waals surface area contributed by atoms with Crippen LogP contribution in [0.25, 0.3) is 5.82 Å². The van der Waals surface area contributed by atoms with Crippen LogP contribution in [0.4, 0.5) is 4.39 Å². The minimum Gasteiger partial charge on any atom is -0.476 e. The maximum absolute atomic E-state index is 13.1. The van der Waals surface area contributed by atoms with Crippen LogP contribution in [0.15, 0.2) is 18.5 Å². The van der Waals surface area contributed by atoms with Crippen molar-refractivity contribution in [3.05, 3.63) is 41.1 Å². The molecule has 0 atom stereocenters. The van der Waals surface area contributed by atoms with Crippen LogP contribution in [0.3, 0.4) is 0 Å². The maximum Gasteiger partial charge on any atom is 0.356 e. The molecule has 0 bridgehead atoms. The van der Waals surface area contributed by atoms with Crippen LogP contribution in [0, 0.1) is 12.7 Å². The van der Waals surface area contributed by atoms with E-state index in [9.17, 15) is 14.0 Å². The summed E-state index contributed by atoms with van der Waals surface area (Å²) < 4.78 is 14.3. The van der Waals surface area contributed by atoms with Gasteiger partial charge in [-0.1, -0.05) is 0 Å². The van der Waals surface area contributed by atoms with Gasteiger partial charge in [0, 0.05) is 11.8 Å². The molecule has 2 heterocycles. The number of rotatable bonds is 3. The largest absolute Gasteiger partial charge is 0.476 e. The Morgan fingerprint density at radius 3 is 2.83 bits per heavy atom. The topological polar surface area (TPSA) is 85.1 Å². The van der Waals surface area contributed by atoms with Crippen molar-refractivity contribution in [1.82, 2.24) is 14.8 Å². The molecule has 0 aliphatic rings. The fourth-order valence-corrected chi connectivity index (χ4v) is 1.45. The maximum atomic E-state index is 13.1. The van der Waals surface area contributed by atoms with Crippen LogP contribution in [-0.4, -0.2) is 32.1 Å². The Balaban J connectivity index is 2.52. The fraction of sp³-hybridized carbons (Fsp3) is 0.0909. The normalized spacial score (nSPS) is 10.3. The Bertz CT molecular complexity index is 636.